The van der Waals surface area contributed by atoms with Crippen molar-refractivity contribution in [2.45, 2.75) is 31.3 Å². The molecule has 0 radical (unpaired) electrons. The number of aromatic amines is 1. The first-order valence-electron chi connectivity index (χ1n) is 8.65. The van der Waals surface area contributed by atoms with Gasteiger partial charge < -0.3 is 10.6 Å². The molecule has 0 saturated heterocycles. The van der Waals surface area contributed by atoms with Gasteiger partial charge in [0.05, 0.1) is 5.56 Å². The molecule has 1 saturated carbocycles. The molecular formula is C19H19N5O2. The summed E-state index contributed by atoms with van der Waals surface area (Å²) in [4.78, 5) is 25.4. The van der Waals surface area contributed by atoms with Crippen LogP contribution in [-0.2, 0) is 11.2 Å². The molecule has 0 bridgehead atoms. The highest BCUT2D eigenvalue weighted by Gasteiger charge is 2.29. The molecule has 2 aromatic carbocycles. The van der Waals surface area contributed by atoms with Crippen LogP contribution in [0.15, 0.2) is 48.5 Å². The number of carbonyl (C=O) groups excluding carboxylic acids is 2. The molecule has 7 heteroatoms. The van der Waals surface area contributed by atoms with E-state index in [4.69, 9.17) is 0 Å². The Balaban J connectivity index is 1.55. The highest BCUT2D eigenvalue weighted by atomic mass is 16.2. The number of hydrogen-bond donors (Lipinski definition) is 3. The lowest BCUT2D eigenvalue weighted by molar-refractivity contribution is -0.123. The monoisotopic (exact) mass is 349 g/mol. The number of amides is 2. The van der Waals surface area contributed by atoms with Gasteiger partial charge in [-0.15, -0.1) is 0 Å². The van der Waals surface area contributed by atoms with Gasteiger partial charge in [-0.1, -0.05) is 36.4 Å². The van der Waals surface area contributed by atoms with Crippen molar-refractivity contribution in [2.24, 2.45) is 0 Å². The SMILES string of the molecule is O=C(N[C@@H](Cc1ccccc1)C(=O)NC1CC1)c1cccc2n[nH]nc12. The number of aromatic nitrogens is 3. The van der Waals surface area contributed by atoms with Crippen molar-refractivity contribution in [3.8, 4) is 0 Å². The van der Waals surface area contributed by atoms with Gasteiger partial charge in [0, 0.05) is 12.5 Å². The van der Waals surface area contributed by atoms with E-state index in [-0.39, 0.29) is 17.9 Å². The van der Waals surface area contributed by atoms with Crippen LogP contribution in [0.25, 0.3) is 11.0 Å². The molecule has 2 amide bonds. The van der Waals surface area contributed by atoms with Crippen LogP contribution in [0.1, 0.15) is 28.8 Å². The van der Waals surface area contributed by atoms with E-state index in [0.717, 1.165) is 18.4 Å². The second kappa shape index (κ2) is 6.95. The Kier molecular flexibility index (Phi) is 4.35. The highest BCUT2D eigenvalue weighted by Crippen LogP contribution is 2.19. The van der Waals surface area contributed by atoms with Gasteiger partial charge in [0.1, 0.15) is 17.1 Å². The van der Waals surface area contributed by atoms with Crippen molar-refractivity contribution in [2.75, 3.05) is 0 Å². The van der Waals surface area contributed by atoms with Crippen molar-refractivity contribution in [3.05, 3.63) is 59.7 Å². The molecule has 1 aliphatic rings. The molecule has 1 fully saturated rings. The minimum absolute atomic E-state index is 0.156. The summed E-state index contributed by atoms with van der Waals surface area (Å²) in [6.07, 6.45) is 2.42. The number of carbonyl (C=O) groups is 2. The minimum Gasteiger partial charge on any atom is -0.352 e. The number of H-pyrrole nitrogens is 1. The summed E-state index contributed by atoms with van der Waals surface area (Å²) in [7, 11) is 0. The average Bonchev–Trinajstić information content (AvgIpc) is 3.33. The smallest absolute Gasteiger partial charge is 0.254 e. The van der Waals surface area contributed by atoms with Crippen LogP contribution in [0.2, 0.25) is 0 Å². The maximum Gasteiger partial charge on any atom is 0.254 e. The van der Waals surface area contributed by atoms with Crippen molar-refractivity contribution >= 4 is 22.8 Å². The van der Waals surface area contributed by atoms with Crippen LogP contribution in [-0.4, -0.2) is 39.3 Å². The molecule has 0 aliphatic heterocycles. The van der Waals surface area contributed by atoms with Crippen LogP contribution in [0.5, 0.6) is 0 Å². The summed E-state index contributed by atoms with van der Waals surface area (Å²) in [5.41, 5.74) is 2.49. The number of hydrogen-bond acceptors (Lipinski definition) is 4. The van der Waals surface area contributed by atoms with E-state index in [1.807, 2.05) is 30.3 Å². The van der Waals surface area contributed by atoms with Gasteiger partial charge in [-0.3, -0.25) is 9.59 Å². The van der Waals surface area contributed by atoms with Crippen LogP contribution in [0, 0.1) is 0 Å². The Labute approximate surface area is 150 Å². The molecule has 1 heterocycles. The molecule has 7 nitrogen and oxygen atoms in total. The minimum atomic E-state index is -0.646. The zero-order valence-corrected chi connectivity index (χ0v) is 14.1. The van der Waals surface area contributed by atoms with E-state index in [2.05, 4.69) is 26.0 Å². The van der Waals surface area contributed by atoms with Gasteiger partial charge in [-0.25, -0.2) is 0 Å². The largest absolute Gasteiger partial charge is 0.352 e. The lowest BCUT2D eigenvalue weighted by atomic mass is 10.0. The lowest BCUT2D eigenvalue weighted by Gasteiger charge is -2.18. The second-order valence-electron chi connectivity index (χ2n) is 6.50. The summed E-state index contributed by atoms with van der Waals surface area (Å²) >= 11 is 0. The Morgan fingerprint density at radius 3 is 2.65 bits per heavy atom. The van der Waals surface area contributed by atoms with Gasteiger partial charge in [-0.05, 0) is 30.5 Å². The Hall–Kier alpha value is -3.22. The molecule has 1 atom stereocenters. The fourth-order valence-corrected chi connectivity index (χ4v) is 2.88. The molecule has 132 valence electrons. The molecule has 0 unspecified atom stereocenters. The number of rotatable bonds is 6. The first-order valence-corrected chi connectivity index (χ1v) is 8.65. The third-order valence-electron chi connectivity index (χ3n) is 4.42. The number of para-hydroxylation sites is 1. The molecule has 26 heavy (non-hydrogen) atoms. The maximum atomic E-state index is 12.8. The first-order chi connectivity index (χ1) is 12.7. The highest BCUT2D eigenvalue weighted by molar-refractivity contribution is 6.06. The molecule has 1 aromatic heterocycles. The van der Waals surface area contributed by atoms with Gasteiger partial charge >= 0.3 is 0 Å². The Bertz CT molecular complexity index is 933. The van der Waals surface area contributed by atoms with Crippen LogP contribution >= 0.6 is 0 Å². The zero-order chi connectivity index (χ0) is 17.9. The average molecular weight is 349 g/mol. The molecule has 4 rings (SSSR count). The molecule has 3 aromatic rings. The summed E-state index contributed by atoms with van der Waals surface area (Å²) < 4.78 is 0. The summed E-state index contributed by atoms with van der Waals surface area (Å²) in [5.74, 6) is -0.492. The topological polar surface area (TPSA) is 99.8 Å². The quantitative estimate of drug-likeness (QED) is 0.629. The van der Waals surface area contributed by atoms with Crippen molar-refractivity contribution in [3.63, 3.8) is 0 Å². The van der Waals surface area contributed by atoms with Gasteiger partial charge in [0.25, 0.3) is 5.91 Å². The van der Waals surface area contributed by atoms with E-state index >= 15 is 0 Å². The molecule has 1 aliphatic carbocycles. The number of benzene rings is 2. The van der Waals surface area contributed by atoms with Crippen molar-refractivity contribution in [1.29, 1.82) is 0 Å². The second-order valence-corrected chi connectivity index (χ2v) is 6.50. The summed E-state index contributed by atoms with van der Waals surface area (Å²) in [6, 6.07) is 14.4. The summed E-state index contributed by atoms with van der Waals surface area (Å²) in [5, 5.41) is 16.4. The van der Waals surface area contributed by atoms with Crippen molar-refractivity contribution in [1.82, 2.24) is 26.0 Å². The predicted octanol–water partition coefficient (Wildman–Crippen LogP) is 1.58. The van der Waals surface area contributed by atoms with Gasteiger partial charge in [-0.2, -0.15) is 15.4 Å². The fourth-order valence-electron chi connectivity index (χ4n) is 2.88. The van der Waals surface area contributed by atoms with E-state index in [1.165, 1.54) is 0 Å². The van der Waals surface area contributed by atoms with Crippen LogP contribution in [0.4, 0.5) is 0 Å². The number of nitrogens with one attached hydrogen (secondary N) is 3. The lowest BCUT2D eigenvalue weighted by Crippen LogP contribution is -2.48. The molecular weight excluding hydrogens is 330 g/mol. The molecule has 3 N–H and O–H groups in total. The van der Waals surface area contributed by atoms with Crippen LogP contribution in [0.3, 0.4) is 0 Å². The number of nitrogens with zero attached hydrogens (tertiary/aromatic N) is 2. The predicted molar refractivity (Wildman–Crippen MR) is 96.5 cm³/mol. The van der Waals surface area contributed by atoms with E-state index in [0.29, 0.717) is 23.0 Å². The standard InChI is InChI=1S/C19H19N5O2/c25-18(14-7-4-8-15-17(14)23-24-22-15)21-16(19(26)20-13-9-10-13)11-12-5-2-1-3-6-12/h1-8,13,16H,9-11H2,(H,20,26)(H,21,25)(H,22,23,24)/t16-/m0/s1. The molecule has 0 spiro atoms. The van der Waals surface area contributed by atoms with E-state index < -0.39 is 6.04 Å². The van der Waals surface area contributed by atoms with Crippen molar-refractivity contribution < 1.29 is 9.59 Å². The summed E-state index contributed by atoms with van der Waals surface area (Å²) in [6.45, 7) is 0. The first kappa shape index (κ1) is 16.3. The third-order valence-corrected chi connectivity index (χ3v) is 4.42. The normalized spacial score (nSPS) is 14.8. The third kappa shape index (κ3) is 3.56. The fraction of sp³-hybridized carbons (Fsp3) is 0.263. The van der Waals surface area contributed by atoms with E-state index in [9.17, 15) is 9.59 Å². The Morgan fingerprint density at radius 2 is 1.88 bits per heavy atom. The van der Waals surface area contributed by atoms with Crippen LogP contribution < -0.4 is 10.6 Å². The van der Waals surface area contributed by atoms with Gasteiger partial charge in [0.15, 0.2) is 0 Å². The van der Waals surface area contributed by atoms with E-state index in [1.54, 1.807) is 18.2 Å². The zero-order valence-electron chi connectivity index (χ0n) is 14.1. The van der Waals surface area contributed by atoms with Gasteiger partial charge in [0.2, 0.25) is 5.91 Å². The Morgan fingerprint density at radius 1 is 1.08 bits per heavy atom. The number of fused-ring (bicyclic) bond motifs is 1. The maximum absolute atomic E-state index is 12.8.